The number of carbonyl (C=O) groups excluding carboxylic acids is 3. The second kappa shape index (κ2) is 13.1. The molecule has 0 radical (unpaired) electrons. The van der Waals surface area contributed by atoms with Crippen molar-refractivity contribution >= 4 is 23.6 Å². The Balaban J connectivity index is 1.37. The van der Waals surface area contributed by atoms with Gasteiger partial charge >= 0.3 is 17.8 Å². The number of amidine groups is 1. The average molecular weight is 488 g/mol. The number of ether oxygens (including phenoxy) is 2. The van der Waals surface area contributed by atoms with Crippen LogP contribution in [0.4, 0.5) is 0 Å². The molecule has 0 bridgehead atoms. The number of nitrogens with one attached hydrogen (secondary N) is 2. The summed E-state index contributed by atoms with van der Waals surface area (Å²) in [7, 11) is 0. The molecule has 3 rings (SSSR count). The molecule has 2 aliphatic rings. The third-order valence-electron chi connectivity index (χ3n) is 6.48. The van der Waals surface area contributed by atoms with E-state index in [4.69, 9.17) is 20.6 Å². The van der Waals surface area contributed by atoms with Gasteiger partial charge in [0, 0.05) is 39.2 Å². The third kappa shape index (κ3) is 7.95. The lowest BCUT2D eigenvalue weighted by Gasteiger charge is -2.34. The number of esters is 1. The molecule has 4 N–H and O–H groups in total. The van der Waals surface area contributed by atoms with Crippen molar-refractivity contribution in [2.75, 3.05) is 45.9 Å². The van der Waals surface area contributed by atoms with E-state index in [0.29, 0.717) is 50.5 Å². The summed E-state index contributed by atoms with van der Waals surface area (Å²) in [5.74, 6) is -0.181. The Morgan fingerprint density at radius 3 is 2.37 bits per heavy atom. The molecule has 2 amide bonds. The number of carbonyl (C=O) groups is 3. The van der Waals surface area contributed by atoms with Crippen LogP contribution in [0.25, 0.3) is 0 Å². The molecule has 1 aromatic carbocycles. The Hall–Kier alpha value is -3.14. The van der Waals surface area contributed by atoms with Crippen LogP contribution < -0.4 is 20.5 Å². The van der Waals surface area contributed by atoms with Gasteiger partial charge in [-0.05, 0) is 56.8 Å². The van der Waals surface area contributed by atoms with E-state index in [1.165, 1.54) is 32.3 Å². The summed E-state index contributed by atoms with van der Waals surface area (Å²) in [5.41, 5.74) is 5.83. The Labute approximate surface area is 206 Å². The number of benzene rings is 1. The zero-order valence-corrected chi connectivity index (χ0v) is 20.5. The smallest absolute Gasteiger partial charge is 0.312 e. The number of unbranched alkanes of at least 4 members (excludes halogenated alkanes) is 1. The predicted octanol–water partition coefficient (Wildman–Crippen LogP) is 1.51. The SMILES string of the molecule is CC(=O)Oc1cc(OCCCN2CCN(CCCCC3CCNCC3)C(=O)C2=O)ccc1C(=N)N. The molecule has 2 fully saturated rings. The number of nitrogen functional groups attached to an aromatic ring is 1. The minimum atomic E-state index is -0.520. The van der Waals surface area contributed by atoms with Crippen LogP contribution in [-0.2, 0) is 14.4 Å². The molecule has 35 heavy (non-hydrogen) atoms. The average Bonchev–Trinajstić information content (AvgIpc) is 2.83. The van der Waals surface area contributed by atoms with Gasteiger partial charge in [0.25, 0.3) is 0 Å². The van der Waals surface area contributed by atoms with E-state index < -0.39 is 17.8 Å². The zero-order valence-electron chi connectivity index (χ0n) is 20.5. The fraction of sp³-hybridized carbons (Fsp3) is 0.600. The van der Waals surface area contributed by atoms with Gasteiger partial charge < -0.3 is 30.3 Å². The van der Waals surface area contributed by atoms with Crippen molar-refractivity contribution in [2.45, 2.75) is 45.4 Å². The molecule has 0 saturated carbocycles. The van der Waals surface area contributed by atoms with Crippen molar-refractivity contribution in [3.8, 4) is 11.5 Å². The summed E-state index contributed by atoms with van der Waals surface area (Å²) < 4.78 is 10.8. The maximum Gasteiger partial charge on any atom is 0.312 e. The molecular weight excluding hydrogens is 450 g/mol. The molecule has 10 heteroatoms. The highest BCUT2D eigenvalue weighted by Gasteiger charge is 2.31. The molecule has 0 atom stereocenters. The highest BCUT2D eigenvalue weighted by molar-refractivity contribution is 6.35. The molecular formula is C25H37N5O5. The van der Waals surface area contributed by atoms with Gasteiger partial charge in [0.1, 0.15) is 17.3 Å². The van der Waals surface area contributed by atoms with Crippen molar-refractivity contribution in [1.29, 1.82) is 5.41 Å². The van der Waals surface area contributed by atoms with Crippen LogP contribution >= 0.6 is 0 Å². The molecule has 0 aliphatic carbocycles. The number of nitrogens with two attached hydrogens (primary N) is 1. The van der Waals surface area contributed by atoms with Gasteiger partial charge in [-0.15, -0.1) is 0 Å². The standard InChI is InChI=1S/C25H37N5O5/c1-18(31)35-22-17-20(6-7-21(22)23(26)27)34-16-4-13-30-15-14-29(24(32)25(30)33)12-3-2-5-19-8-10-28-11-9-19/h6-7,17,19,28H,2-5,8-16H2,1H3,(H3,26,27). The molecule has 192 valence electrons. The summed E-state index contributed by atoms with van der Waals surface area (Å²) in [6.07, 6.45) is 6.24. The fourth-order valence-corrected chi connectivity index (χ4v) is 4.55. The van der Waals surface area contributed by atoms with Crippen LogP contribution in [0.2, 0.25) is 0 Å². The summed E-state index contributed by atoms with van der Waals surface area (Å²) >= 11 is 0. The molecule has 0 spiro atoms. The van der Waals surface area contributed by atoms with Crippen molar-refractivity contribution in [3.63, 3.8) is 0 Å². The first-order valence-electron chi connectivity index (χ1n) is 12.4. The van der Waals surface area contributed by atoms with E-state index in [9.17, 15) is 14.4 Å². The molecule has 2 heterocycles. The monoisotopic (exact) mass is 487 g/mol. The van der Waals surface area contributed by atoms with E-state index in [-0.39, 0.29) is 11.6 Å². The Kier molecular flexibility index (Phi) is 9.89. The van der Waals surface area contributed by atoms with Gasteiger partial charge in [-0.1, -0.05) is 12.8 Å². The Morgan fingerprint density at radius 1 is 1.09 bits per heavy atom. The first-order chi connectivity index (χ1) is 16.8. The molecule has 1 aromatic rings. The number of amides is 2. The van der Waals surface area contributed by atoms with Gasteiger partial charge in [-0.2, -0.15) is 0 Å². The Morgan fingerprint density at radius 2 is 1.74 bits per heavy atom. The summed E-state index contributed by atoms with van der Waals surface area (Å²) in [5, 5.41) is 11.0. The Bertz CT molecular complexity index is 916. The van der Waals surface area contributed by atoms with Crippen LogP contribution in [0, 0.1) is 11.3 Å². The third-order valence-corrected chi connectivity index (χ3v) is 6.48. The van der Waals surface area contributed by atoms with Crippen molar-refractivity contribution < 1.29 is 23.9 Å². The largest absolute Gasteiger partial charge is 0.493 e. The second-order valence-corrected chi connectivity index (χ2v) is 9.14. The first-order valence-corrected chi connectivity index (χ1v) is 12.4. The maximum atomic E-state index is 12.5. The summed E-state index contributed by atoms with van der Waals surface area (Å²) in [6.45, 7) is 5.96. The second-order valence-electron chi connectivity index (χ2n) is 9.14. The molecule has 0 unspecified atom stereocenters. The number of hydrogen-bond donors (Lipinski definition) is 3. The number of piperazine rings is 1. The lowest BCUT2D eigenvalue weighted by Crippen LogP contribution is -2.54. The quantitative estimate of drug-likeness (QED) is 0.101. The molecule has 0 aromatic heterocycles. The molecule has 2 aliphatic heterocycles. The topological polar surface area (TPSA) is 138 Å². The van der Waals surface area contributed by atoms with Crippen molar-refractivity contribution in [3.05, 3.63) is 23.8 Å². The number of rotatable bonds is 12. The number of hydrogen-bond acceptors (Lipinski definition) is 7. The van der Waals surface area contributed by atoms with Crippen LogP contribution in [0.3, 0.4) is 0 Å². The van der Waals surface area contributed by atoms with Gasteiger partial charge in [-0.25, -0.2) is 0 Å². The van der Waals surface area contributed by atoms with Gasteiger partial charge in [-0.3, -0.25) is 19.8 Å². The summed E-state index contributed by atoms with van der Waals surface area (Å²) in [4.78, 5) is 39.6. The fourth-order valence-electron chi connectivity index (χ4n) is 4.55. The number of nitrogens with zero attached hydrogens (tertiary/aromatic N) is 2. The van der Waals surface area contributed by atoms with Gasteiger partial charge in [0.05, 0.1) is 12.2 Å². The summed E-state index contributed by atoms with van der Waals surface area (Å²) in [6, 6.07) is 4.71. The van der Waals surface area contributed by atoms with Crippen molar-refractivity contribution in [2.24, 2.45) is 11.7 Å². The van der Waals surface area contributed by atoms with E-state index in [1.807, 2.05) is 0 Å². The minimum Gasteiger partial charge on any atom is -0.493 e. The molecule has 2 saturated heterocycles. The van der Waals surface area contributed by atoms with Crippen LogP contribution in [0.1, 0.15) is 51.0 Å². The predicted molar refractivity (Wildman–Crippen MR) is 131 cm³/mol. The van der Waals surface area contributed by atoms with E-state index in [1.54, 1.807) is 21.9 Å². The normalized spacial score (nSPS) is 16.9. The lowest BCUT2D eigenvalue weighted by molar-refractivity contribution is -0.156. The highest BCUT2D eigenvalue weighted by Crippen LogP contribution is 2.25. The minimum absolute atomic E-state index is 0.162. The first kappa shape index (κ1) is 26.5. The van der Waals surface area contributed by atoms with E-state index >= 15 is 0 Å². The zero-order chi connectivity index (χ0) is 25.2. The maximum absolute atomic E-state index is 12.5. The van der Waals surface area contributed by atoms with Crippen LogP contribution in [-0.4, -0.2) is 79.3 Å². The van der Waals surface area contributed by atoms with E-state index in [0.717, 1.165) is 31.8 Å². The lowest BCUT2D eigenvalue weighted by atomic mass is 9.92. The van der Waals surface area contributed by atoms with Gasteiger partial charge in [0.15, 0.2) is 0 Å². The van der Waals surface area contributed by atoms with Crippen LogP contribution in [0.15, 0.2) is 18.2 Å². The van der Waals surface area contributed by atoms with Crippen LogP contribution in [0.5, 0.6) is 11.5 Å². The van der Waals surface area contributed by atoms with Crippen molar-refractivity contribution in [1.82, 2.24) is 15.1 Å². The highest BCUT2D eigenvalue weighted by atomic mass is 16.5. The molecule has 10 nitrogen and oxygen atoms in total. The van der Waals surface area contributed by atoms with Gasteiger partial charge in [0.2, 0.25) is 0 Å². The number of piperidine rings is 1. The van der Waals surface area contributed by atoms with E-state index in [2.05, 4.69) is 5.32 Å².